The van der Waals surface area contributed by atoms with Crippen LogP contribution in [-0.2, 0) is 13.0 Å². The molecule has 10 nitrogen and oxygen atoms in total. The van der Waals surface area contributed by atoms with Crippen molar-refractivity contribution in [1.82, 2.24) is 29.2 Å². The molecule has 0 saturated heterocycles. The maximum Gasteiger partial charge on any atom is 0.284 e. The number of nitrogens with one attached hydrogen (secondary N) is 1. The van der Waals surface area contributed by atoms with E-state index in [4.69, 9.17) is 4.74 Å². The second-order valence-electron chi connectivity index (χ2n) is 8.24. The summed E-state index contributed by atoms with van der Waals surface area (Å²) in [4.78, 5) is 26.6. The van der Waals surface area contributed by atoms with E-state index in [1.807, 2.05) is 35.0 Å². The maximum absolute atomic E-state index is 13.4. The molecule has 0 radical (unpaired) electrons. The van der Waals surface area contributed by atoms with E-state index in [9.17, 15) is 9.59 Å². The Morgan fingerprint density at radius 3 is 2.63 bits per heavy atom. The van der Waals surface area contributed by atoms with Gasteiger partial charge in [0.25, 0.3) is 11.5 Å². The molecular weight excluding hydrogens is 446 g/mol. The molecule has 4 heterocycles. The normalized spacial score (nSPS) is 12.9. The fourth-order valence-corrected chi connectivity index (χ4v) is 4.37. The Labute approximate surface area is 199 Å². The molecule has 5 aromatic rings. The maximum atomic E-state index is 13.4. The van der Waals surface area contributed by atoms with Crippen molar-refractivity contribution in [3.05, 3.63) is 94.7 Å². The van der Waals surface area contributed by atoms with E-state index < -0.39 is 5.91 Å². The molecular formula is C25H21N7O3. The van der Waals surface area contributed by atoms with E-state index in [0.717, 1.165) is 24.2 Å². The third-order valence-electron chi connectivity index (χ3n) is 5.98. The minimum Gasteiger partial charge on any atom is -0.438 e. The van der Waals surface area contributed by atoms with Gasteiger partial charge >= 0.3 is 0 Å². The van der Waals surface area contributed by atoms with Crippen molar-refractivity contribution in [3.63, 3.8) is 0 Å². The molecule has 3 aromatic heterocycles. The highest BCUT2D eigenvalue weighted by Crippen LogP contribution is 2.24. The van der Waals surface area contributed by atoms with Gasteiger partial charge in [-0.1, -0.05) is 18.2 Å². The summed E-state index contributed by atoms with van der Waals surface area (Å²) >= 11 is 0. The van der Waals surface area contributed by atoms with Gasteiger partial charge in [-0.2, -0.15) is 4.52 Å². The van der Waals surface area contributed by atoms with Crippen LogP contribution in [0.25, 0.3) is 11.3 Å². The number of ether oxygens (including phenoxy) is 1. The lowest BCUT2D eigenvalue weighted by Gasteiger charge is -2.19. The zero-order chi connectivity index (χ0) is 23.8. The van der Waals surface area contributed by atoms with Crippen molar-refractivity contribution in [2.24, 2.45) is 0 Å². The highest BCUT2D eigenvalue weighted by Gasteiger charge is 2.27. The number of carbonyl (C=O) groups excluding carboxylic acids is 1. The third kappa shape index (κ3) is 3.84. The van der Waals surface area contributed by atoms with Gasteiger partial charge < -0.3 is 10.1 Å². The van der Waals surface area contributed by atoms with Crippen molar-refractivity contribution in [3.8, 4) is 17.3 Å². The number of fused-ring (bicyclic) bond motifs is 2. The second-order valence-corrected chi connectivity index (χ2v) is 8.24. The molecule has 6 rings (SSSR count). The van der Waals surface area contributed by atoms with Crippen LogP contribution in [0.4, 0.5) is 5.69 Å². The van der Waals surface area contributed by atoms with E-state index in [1.54, 1.807) is 41.1 Å². The quantitative estimate of drug-likeness (QED) is 0.424. The summed E-state index contributed by atoms with van der Waals surface area (Å²) in [6, 6.07) is 19.8. The number of hydrogen-bond donors (Lipinski definition) is 1. The first-order chi connectivity index (χ1) is 17.2. The van der Waals surface area contributed by atoms with Gasteiger partial charge in [0, 0.05) is 18.3 Å². The highest BCUT2D eigenvalue weighted by molar-refractivity contribution is 6.05. The van der Waals surface area contributed by atoms with E-state index in [0.29, 0.717) is 35.9 Å². The molecule has 1 amide bonds. The average Bonchev–Trinajstić information content (AvgIpc) is 3.47. The van der Waals surface area contributed by atoms with Crippen LogP contribution in [0.3, 0.4) is 0 Å². The van der Waals surface area contributed by atoms with E-state index in [-0.39, 0.29) is 11.1 Å². The summed E-state index contributed by atoms with van der Waals surface area (Å²) < 4.78 is 10.9. The average molecular weight is 467 g/mol. The molecule has 10 heteroatoms. The number of aromatic nitrogens is 6. The molecule has 0 unspecified atom stereocenters. The van der Waals surface area contributed by atoms with Gasteiger partial charge in [0.1, 0.15) is 17.6 Å². The Hall–Kier alpha value is -4.73. The van der Waals surface area contributed by atoms with Crippen LogP contribution in [0.5, 0.6) is 11.6 Å². The summed E-state index contributed by atoms with van der Waals surface area (Å²) in [7, 11) is 0. The number of benzene rings is 2. The molecule has 1 aliphatic heterocycles. The van der Waals surface area contributed by atoms with Crippen LogP contribution in [0.15, 0.2) is 77.9 Å². The minimum absolute atomic E-state index is 0.195. The first-order valence-corrected chi connectivity index (χ1v) is 11.3. The van der Waals surface area contributed by atoms with Crippen LogP contribution in [-0.4, -0.2) is 35.1 Å². The Morgan fingerprint density at radius 2 is 1.80 bits per heavy atom. The molecule has 0 aliphatic carbocycles. The van der Waals surface area contributed by atoms with Crippen LogP contribution in [0, 0.1) is 0 Å². The van der Waals surface area contributed by atoms with Gasteiger partial charge in [-0.15, -0.1) is 15.3 Å². The number of carbonyl (C=O) groups is 1. The number of anilines is 1. The predicted octanol–water partition coefficient (Wildman–Crippen LogP) is 3.46. The van der Waals surface area contributed by atoms with E-state index >= 15 is 0 Å². The Bertz CT molecular complexity index is 1580. The van der Waals surface area contributed by atoms with Crippen molar-refractivity contribution in [2.75, 3.05) is 5.32 Å². The highest BCUT2D eigenvalue weighted by atomic mass is 16.5. The molecule has 0 fully saturated rings. The second kappa shape index (κ2) is 8.56. The summed E-state index contributed by atoms with van der Waals surface area (Å²) in [5.74, 6) is 0.523. The van der Waals surface area contributed by atoms with E-state index in [1.165, 1.54) is 10.8 Å². The van der Waals surface area contributed by atoms with Gasteiger partial charge in [-0.3, -0.25) is 14.3 Å². The first-order valence-electron chi connectivity index (χ1n) is 11.3. The van der Waals surface area contributed by atoms with Gasteiger partial charge in [-0.05, 0) is 61.7 Å². The van der Waals surface area contributed by atoms with Gasteiger partial charge in [-0.25, -0.2) is 4.68 Å². The Kier molecular flexibility index (Phi) is 5.10. The van der Waals surface area contributed by atoms with Crippen LogP contribution >= 0.6 is 0 Å². The SMILES string of the molecule is O=C(Nc1ccc(Oc2ccc3nncn3n2)cc1)c1c2n(n(-c3ccccc3)c1=O)CCCC2. The van der Waals surface area contributed by atoms with Crippen molar-refractivity contribution < 1.29 is 9.53 Å². The van der Waals surface area contributed by atoms with Crippen LogP contribution in [0.1, 0.15) is 28.9 Å². The Balaban J connectivity index is 1.24. The number of amides is 1. The van der Waals surface area contributed by atoms with E-state index in [2.05, 4.69) is 20.6 Å². The van der Waals surface area contributed by atoms with Crippen LogP contribution < -0.4 is 15.6 Å². The molecule has 0 saturated carbocycles. The van der Waals surface area contributed by atoms with Crippen molar-refractivity contribution in [2.45, 2.75) is 25.8 Å². The Morgan fingerprint density at radius 1 is 0.971 bits per heavy atom. The zero-order valence-corrected chi connectivity index (χ0v) is 18.7. The number of para-hydroxylation sites is 1. The molecule has 0 spiro atoms. The molecule has 1 N–H and O–H groups in total. The van der Waals surface area contributed by atoms with Crippen molar-refractivity contribution in [1.29, 1.82) is 0 Å². The largest absolute Gasteiger partial charge is 0.438 e. The molecule has 2 aromatic carbocycles. The molecule has 1 aliphatic rings. The molecule has 174 valence electrons. The zero-order valence-electron chi connectivity index (χ0n) is 18.7. The number of hydrogen-bond acceptors (Lipinski definition) is 6. The molecule has 35 heavy (non-hydrogen) atoms. The van der Waals surface area contributed by atoms with Crippen molar-refractivity contribution >= 4 is 17.2 Å². The van der Waals surface area contributed by atoms with Gasteiger partial charge in [0.15, 0.2) is 5.65 Å². The number of rotatable bonds is 5. The minimum atomic E-state index is -0.413. The lowest BCUT2D eigenvalue weighted by atomic mass is 10.1. The fraction of sp³-hybridized carbons (Fsp3) is 0.160. The summed E-state index contributed by atoms with van der Waals surface area (Å²) in [6.45, 7) is 0.702. The lowest BCUT2D eigenvalue weighted by Crippen LogP contribution is -2.25. The standard InChI is InChI=1S/C25H21N7O3/c33-24(23-20-8-4-5-15-31(20)32(25(23)34)18-6-2-1-3-7-18)27-17-9-11-19(12-10-17)35-22-14-13-21-28-26-16-30(21)29-22/h1-3,6-7,9-14,16H,4-5,8,15H2,(H,27,33). The fourth-order valence-electron chi connectivity index (χ4n) is 4.37. The van der Waals surface area contributed by atoms with Gasteiger partial charge in [0.05, 0.1) is 11.4 Å². The van der Waals surface area contributed by atoms with Crippen LogP contribution in [0.2, 0.25) is 0 Å². The lowest BCUT2D eigenvalue weighted by molar-refractivity contribution is 0.102. The molecule has 0 bridgehead atoms. The summed E-state index contributed by atoms with van der Waals surface area (Å²) in [5, 5.41) is 14.9. The first kappa shape index (κ1) is 20.8. The third-order valence-corrected chi connectivity index (χ3v) is 5.98. The molecule has 0 atom stereocenters. The summed E-state index contributed by atoms with van der Waals surface area (Å²) in [5.41, 5.74) is 2.60. The van der Waals surface area contributed by atoms with Gasteiger partial charge in [0.2, 0.25) is 5.88 Å². The monoisotopic (exact) mass is 467 g/mol. The number of nitrogens with zero attached hydrogens (tertiary/aromatic N) is 6. The smallest absolute Gasteiger partial charge is 0.284 e. The topological polar surface area (TPSA) is 108 Å². The predicted molar refractivity (Wildman–Crippen MR) is 128 cm³/mol. The summed E-state index contributed by atoms with van der Waals surface area (Å²) in [6.07, 6.45) is 4.09.